The SMILES string of the molecule is CCN(C(=O)c1c(OC)nc(C)c(C)c1C)c1ccccc1C. The van der Waals surface area contributed by atoms with E-state index in [-0.39, 0.29) is 5.91 Å². The minimum atomic E-state index is -0.0771. The molecule has 0 saturated heterocycles. The first-order valence-corrected chi connectivity index (χ1v) is 7.81. The first-order chi connectivity index (χ1) is 10.9. The largest absolute Gasteiger partial charge is 0.480 e. The van der Waals surface area contributed by atoms with E-state index in [1.54, 1.807) is 12.0 Å². The third-order valence-electron chi connectivity index (χ3n) is 4.34. The number of hydrogen-bond donors (Lipinski definition) is 0. The van der Waals surface area contributed by atoms with Crippen LogP contribution in [0, 0.1) is 27.7 Å². The Kier molecular flexibility index (Phi) is 5.04. The van der Waals surface area contributed by atoms with Crippen LogP contribution in [-0.2, 0) is 0 Å². The average molecular weight is 312 g/mol. The van der Waals surface area contributed by atoms with Gasteiger partial charge in [0.25, 0.3) is 5.91 Å². The summed E-state index contributed by atoms with van der Waals surface area (Å²) >= 11 is 0. The average Bonchev–Trinajstić information content (AvgIpc) is 2.54. The van der Waals surface area contributed by atoms with Gasteiger partial charge in [0.05, 0.1) is 7.11 Å². The fourth-order valence-corrected chi connectivity index (χ4v) is 2.74. The molecule has 1 aromatic carbocycles. The van der Waals surface area contributed by atoms with Crippen molar-refractivity contribution in [3.05, 3.63) is 52.2 Å². The number of rotatable bonds is 4. The minimum Gasteiger partial charge on any atom is -0.480 e. The number of aromatic nitrogens is 1. The minimum absolute atomic E-state index is 0.0771. The molecule has 4 nitrogen and oxygen atoms in total. The second-order valence-electron chi connectivity index (χ2n) is 5.67. The van der Waals surface area contributed by atoms with Crippen molar-refractivity contribution in [2.75, 3.05) is 18.6 Å². The Morgan fingerprint density at radius 1 is 1.13 bits per heavy atom. The number of carbonyl (C=O) groups is 1. The van der Waals surface area contributed by atoms with Crippen LogP contribution in [0.2, 0.25) is 0 Å². The van der Waals surface area contributed by atoms with Gasteiger partial charge in [0, 0.05) is 17.9 Å². The second-order valence-corrected chi connectivity index (χ2v) is 5.67. The van der Waals surface area contributed by atoms with E-state index in [4.69, 9.17) is 4.74 Å². The Bertz CT molecular complexity index is 738. The van der Waals surface area contributed by atoms with Gasteiger partial charge in [-0.3, -0.25) is 4.79 Å². The van der Waals surface area contributed by atoms with E-state index in [0.717, 1.165) is 28.1 Å². The number of hydrogen-bond acceptors (Lipinski definition) is 3. The van der Waals surface area contributed by atoms with E-state index in [9.17, 15) is 4.79 Å². The van der Waals surface area contributed by atoms with Gasteiger partial charge in [0.15, 0.2) is 0 Å². The molecule has 4 heteroatoms. The van der Waals surface area contributed by atoms with Crippen LogP contribution >= 0.6 is 0 Å². The highest BCUT2D eigenvalue weighted by Crippen LogP contribution is 2.29. The Balaban J connectivity index is 2.59. The van der Waals surface area contributed by atoms with Gasteiger partial charge in [-0.05, 0) is 57.4 Å². The zero-order valence-corrected chi connectivity index (χ0v) is 14.7. The monoisotopic (exact) mass is 312 g/mol. The molecule has 2 rings (SSSR count). The fourth-order valence-electron chi connectivity index (χ4n) is 2.74. The second kappa shape index (κ2) is 6.82. The van der Waals surface area contributed by atoms with Crippen molar-refractivity contribution >= 4 is 11.6 Å². The number of methoxy groups -OCH3 is 1. The van der Waals surface area contributed by atoms with Gasteiger partial charge in [0.2, 0.25) is 5.88 Å². The summed E-state index contributed by atoms with van der Waals surface area (Å²) in [6.45, 7) is 10.4. The summed E-state index contributed by atoms with van der Waals surface area (Å²) in [5.74, 6) is 0.314. The number of nitrogens with zero attached hydrogens (tertiary/aromatic N) is 2. The molecular weight excluding hydrogens is 288 g/mol. The predicted octanol–water partition coefficient (Wildman–Crippen LogP) is 3.99. The van der Waals surface area contributed by atoms with E-state index in [2.05, 4.69) is 4.98 Å². The van der Waals surface area contributed by atoms with Gasteiger partial charge in [-0.2, -0.15) is 0 Å². The Hall–Kier alpha value is -2.36. The predicted molar refractivity (Wildman–Crippen MR) is 93.5 cm³/mol. The molecule has 1 aromatic heterocycles. The quantitative estimate of drug-likeness (QED) is 0.857. The van der Waals surface area contributed by atoms with Gasteiger partial charge in [-0.15, -0.1) is 0 Å². The number of amides is 1. The normalized spacial score (nSPS) is 10.5. The maximum absolute atomic E-state index is 13.2. The first kappa shape index (κ1) is 17.0. The summed E-state index contributed by atoms with van der Waals surface area (Å²) in [6, 6.07) is 7.89. The zero-order valence-electron chi connectivity index (χ0n) is 14.7. The lowest BCUT2D eigenvalue weighted by Gasteiger charge is -2.25. The molecule has 0 aliphatic heterocycles. The van der Waals surface area contributed by atoms with Crippen LogP contribution in [0.25, 0.3) is 0 Å². The molecule has 23 heavy (non-hydrogen) atoms. The number of anilines is 1. The highest BCUT2D eigenvalue weighted by Gasteiger charge is 2.25. The first-order valence-electron chi connectivity index (χ1n) is 7.81. The number of aryl methyl sites for hydroxylation is 2. The third-order valence-corrected chi connectivity index (χ3v) is 4.34. The van der Waals surface area contributed by atoms with Crippen LogP contribution < -0.4 is 9.64 Å². The molecule has 122 valence electrons. The van der Waals surface area contributed by atoms with E-state index in [0.29, 0.717) is 18.0 Å². The van der Waals surface area contributed by atoms with Crippen molar-refractivity contribution in [3.8, 4) is 5.88 Å². The lowest BCUT2D eigenvalue weighted by molar-refractivity contribution is 0.0983. The number of para-hydroxylation sites is 1. The Morgan fingerprint density at radius 3 is 2.35 bits per heavy atom. The van der Waals surface area contributed by atoms with Crippen LogP contribution in [0.5, 0.6) is 5.88 Å². The Morgan fingerprint density at radius 2 is 1.78 bits per heavy atom. The number of pyridine rings is 1. The molecule has 0 N–H and O–H groups in total. The van der Waals surface area contributed by atoms with Gasteiger partial charge in [-0.25, -0.2) is 4.98 Å². The molecule has 2 aromatic rings. The summed E-state index contributed by atoms with van der Waals surface area (Å²) in [7, 11) is 1.55. The van der Waals surface area contributed by atoms with Crippen LogP contribution in [0.1, 0.15) is 39.7 Å². The molecule has 0 unspecified atom stereocenters. The van der Waals surface area contributed by atoms with Crippen LogP contribution in [-0.4, -0.2) is 24.5 Å². The summed E-state index contributed by atoms with van der Waals surface area (Å²) in [6.07, 6.45) is 0. The van der Waals surface area contributed by atoms with E-state index in [1.165, 1.54) is 0 Å². The van der Waals surface area contributed by atoms with E-state index >= 15 is 0 Å². The molecule has 0 spiro atoms. The number of carbonyl (C=O) groups excluding carboxylic acids is 1. The molecule has 0 bridgehead atoms. The van der Waals surface area contributed by atoms with E-state index < -0.39 is 0 Å². The number of ether oxygens (including phenoxy) is 1. The molecule has 0 aliphatic carbocycles. The molecule has 0 fully saturated rings. The van der Waals surface area contributed by atoms with Crippen LogP contribution in [0.4, 0.5) is 5.69 Å². The topological polar surface area (TPSA) is 42.4 Å². The number of benzene rings is 1. The van der Waals surface area contributed by atoms with Crippen molar-refractivity contribution in [1.82, 2.24) is 4.98 Å². The Labute approximate surface area is 138 Å². The summed E-state index contributed by atoms with van der Waals surface area (Å²) in [5, 5.41) is 0. The lowest BCUT2D eigenvalue weighted by Crippen LogP contribution is -2.32. The zero-order chi connectivity index (χ0) is 17.1. The van der Waals surface area contributed by atoms with Crippen molar-refractivity contribution in [1.29, 1.82) is 0 Å². The summed E-state index contributed by atoms with van der Waals surface area (Å²) in [4.78, 5) is 19.4. The van der Waals surface area contributed by atoms with E-state index in [1.807, 2.05) is 58.9 Å². The molecule has 0 radical (unpaired) electrons. The molecular formula is C19H24N2O2. The van der Waals surface area contributed by atoms with Gasteiger partial charge in [-0.1, -0.05) is 18.2 Å². The maximum atomic E-state index is 13.2. The van der Waals surface area contributed by atoms with Crippen molar-refractivity contribution in [2.45, 2.75) is 34.6 Å². The molecule has 0 atom stereocenters. The van der Waals surface area contributed by atoms with Crippen molar-refractivity contribution < 1.29 is 9.53 Å². The fraction of sp³-hybridized carbons (Fsp3) is 0.368. The molecule has 0 saturated carbocycles. The highest BCUT2D eigenvalue weighted by atomic mass is 16.5. The lowest BCUT2D eigenvalue weighted by atomic mass is 10.0. The van der Waals surface area contributed by atoms with Gasteiger partial charge >= 0.3 is 0 Å². The maximum Gasteiger partial charge on any atom is 0.264 e. The standard InChI is InChI=1S/C19H24N2O2/c1-7-21(16-11-9-8-10-12(16)2)19(22)17-14(4)13(3)15(5)20-18(17)23-6/h8-11H,7H2,1-6H3. The van der Waals surface area contributed by atoms with Gasteiger partial charge in [0.1, 0.15) is 5.56 Å². The molecule has 1 heterocycles. The molecule has 1 amide bonds. The van der Waals surface area contributed by atoms with Crippen LogP contribution in [0.15, 0.2) is 24.3 Å². The van der Waals surface area contributed by atoms with Crippen LogP contribution in [0.3, 0.4) is 0 Å². The molecule has 0 aliphatic rings. The van der Waals surface area contributed by atoms with Gasteiger partial charge < -0.3 is 9.64 Å². The summed E-state index contributed by atoms with van der Waals surface area (Å²) in [5.41, 5.74) is 5.35. The third kappa shape index (κ3) is 3.07. The highest BCUT2D eigenvalue weighted by molar-refractivity contribution is 6.09. The van der Waals surface area contributed by atoms with Crippen molar-refractivity contribution in [3.63, 3.8) is 0 Å². The smallest absolute Gasteiger partial charge is 0.264 e. The summed E-state index contributed by atoms with van der Waals surface area (Å²) < 4.78 is 5.39. The van der Waals surface area contributed by atoms with Crippen molar-refractivity contribution in [2.24, 2.45) is 0 Å².